The zero-order valence-corrected chi connectivity index (χ0v) is 15.4. The minimum Gasteiger partial charge on any atom is -0.497 e. The van der Waals surface area contributed by atoms with E-state index in [4.69, 9.17) is 9.47 Å². The zero-order chi connectivity index (χ0) is 17.6. The van der Waals surface area contributed by atoms with Crippen LogP contribution >= 0.6 is 11.8 Å². The predicted molar refractivity (Wildman–Crippen MR) is 101 cm³/mol. The quantitative estimate of drug-likeness (QED) is 0.586. The third-order valence-corrected chi connectivity index (χ3v) is 4.86. The molecular weight excluding hydrogens is 334 g/mol. The van der Waals surface area contributed by atoms with Crippen molar-refractivity contribution in [3.8, 4) is 28.6 Å². The normalized spacial score (nSPS) is 10.7. The molecule has 0 unspecified atom stereocenters. The van der Waals surface area contributed by atoms with Crippen molar-refractivity contribution >= 4 is 11.8 Å². The number of hydrogen-bond acceptors (Lipinski definition) is 5. The van der Waals surface area contributed by atoms with Gasteiger partial charge in [-0.25, -0.2) is 0 Å². The lowest BCUT2D eigenvalue weighted by molar-refractivity contribution is 0.414. The highest BCUT2D eigenvalue weighted by molar-refractivity contribution is 7.99. The molecule has 25 heavy (non-hydrogen) atoms. The van der Waals surface area contributed by atoms with Crippen molar-refractivity contribution in [1.29, 1.82) is 0 Å². The first-order chi connectivity index (χ1) is 12.3. The molecule has 0 spiro atoms. The summed E-state index contributed by atoms with van der Waals surface area (Å²) in [5.74, 6) is 3.40. The van der Waals surface area contributed by atoms with Gasteiger partial charge in [0.1, 0.15) is 11.5 Å². The van der Waals surface area contributed by atoms with Gasteiger partial charge in [-0.15, -0.1) is 10.2 Å². The third kappa shape index (κ3) is 3.79. The van der Waals surface area contributed by atoms with Crippen LogP contribution in [-0.4, -0.2) is 34.7 Å². The van der Waals surface area contributed by atoms with E-state index in [1.165, 1.54) is 0 Å². The number of rotatable bonds is 7. The average Bonchev–Trinajstić information content (AvgIpc) is 3.10. The van der Waals surface area contributed by atoms with Crippen molar-refractivity contribution in [1.82, 2.24) is 14.8 Å². The molecule has 6 heteroatoms. The van der Waals surface area contributed by atoms with Crippen LogP contribution in [0.15, 0.2) is 53.7 Å². The van der Waals surface area contributed by atoms with Crippen LogP contribution in [0.25, 0.3) is 17.1 Å². The molecule has 1 aromatic heterocycles. The molecule has 0 bridgehead atoms. The smallest absolute Gasteiger partial charge is 0.196 e. The third-order valence-electron chi connectivity index (χ3n) is 3.73. The van der Waals surface area contributed by atoms with Gasteiger partial charge < -0.3 is 9.47 Å². The monoisotopic (exact) mass is 355 g/mol. The summed E-state index contributed by atoms with van der Waals surface area (Å²) in [6.07, 6.45) is 1.08. The first-order valence-electron chi connectivity index (χ1n) is 8.14. The van der Waals surface area contributed by atoms with Crippen LogP contribution in [0.5, 0.6) is 11.5 Å². The summed E-state index contributed by atoms with van der Waals surface area (Å²) >= 11 is 1.70. The average molecular weight is 355 g/mol. The summed E-state index contributed by atoms with van der Waals surface area (Å²) in [7, 11) is 3.33. The van der Waals surface area contributed by atoms with Gasteiger partial charge in [0.25, 0.3) is 0 Å². The first kappa shape index (κ1) is 17.4. The summed E-state index contributed by atoms with van der Waals surface area (Å²) in [5, 5.41) is 9.73. The van der Waals surface area contributed by atoms with Gasteiger partial charge in [0, 0.05) is 17.0 Å². The first-order valence-corrected chi connectivity index (χ1v) is 9.12. The van der Waals surface area contributed by atoms with Crippen molar-refractivity contribution in [2.75, 3.05) is 20.0 Å². The molecule has 0 N–H and O–H groups in total. The SMILES string of the molecule is CCCSc1nnc(-c2cccc(OC)c2)n1-c1ccc(OC)cc1. The van der Waals surface area contributed by atoms with Gasteiger partial charge in [-0.1, -0.05) is 30.8 Å². The molecule has 0 saturated carbocycles. The minimum atomic E-state index is 0.794. The van der Waals surface area contributed by atoms with E-state index in [-0.39, 0.29) is 0 Å². The fourth-order valence-electron chi connectivity index (χ4n) is 2.47. The molecule has 0 aliphatic carbocycles. The number of aromatic nitrogens is 3. The van der Waals surface area contributed by atoms with Gasteiger partial charge in [0.15, 0.2) is 11.0 Å². The van der Waals surface area contributed by atoms with Crippen LogP contribution in [0.1, 0.15) is 13.3 Å². The maximum Gasteiger partial charge on any atom is 0.196 e. The van der Waals surface area contributed by atoms with Gasteiger partial charge in [0.2, 0.25) is 0 Å². The molecule has 0 amide bonds. The largest absolute Gasteiger partial charge is 0.497 e. The minimum absolute atomic E-state index is 0.794. The Bertz CT molecular complexity index is 831. The van der Waals surface area contributed by atoms with Gasteiger partial charge in [-0.2, -0.15) is 0 Å². The molecule has 5 nitrogen and oxygen atoms in total. The lowest BCUT2D eigenvalue weighted by atomic mass is 10.2. The molecular formula is C19H21N3O2S. The van der Waals surface area contributed by atoms with Crippen molar-refractivity contribution in [3.05, 3.63) is 48.5 Å². The molecule has 1 heterocycles. The highest BCUT2D eigenvalue weighted by Crippen LogP contribution is 2.30. The number of nitrogens with zero attached hydrogens (tertiary/aromatic N) is 3. The van der Waals surface area contributed by atoms with Crippen molar-refractivity contribution in [2.45, 2.75) is 18.5 Å². The number of thioether (sulfide) groups is 1. The van der Waals surface area contributed by atoms with Gasteiger partial charge in [-0.05, 0) is 42.8 Å². The number of benzene rings is 2. The molecule has 3 aromatic rings. The molecule has 2 aromatic carbocycles. The Balaban J connectivity index is 2.09. The Kier molecular flexibility index (Phi) is 5.60. The number of methoxy groups -OCH3 is 2. The second-order valence-corrected chi connectivity index (χ2v) is 6.48. The molecule has 0 radical (unpaired) electrons. The van der Waals surface area contributed by atoms with E-state index in [9.17, 15) is 0 Å². The Morgan fingerprint density at radius 1 is 0.960 bits per heavy atom. The zero-order valence-electron chi connectivity index (χ0n) is 14.6. The number of hydrogen-bond donors (Lipinski definition) is 0. The highest BCUT2D eigenvalue weighted by atomic mass is 32.2. The maximum atomic E-state index is 5.34. The van der Waals surface area contributed by atoms with E-state index in [0.717, 1.165) is 45.9 Å². The van der Waals surface area contributed by atoms with E-state index in [1.807, 2.05) is 48.5 Å². The van der Waals surface area contributed by atoms with Crippen LogP contribution in [-0.2, 0) is 0 Å². The second kappa shape index (κ2) is 8.07. The molecule has 0 atom stereocenters. The fraction of sp³-hybridized carbons (Fsp3) is 0.263. The van der Waals surface area contributed by atoms with E-state index < -0.39 is 0 Å². The van der Waals surface area contributed by atoms with Crippen LogP contribution in [0.2, 0.25) is 0 Å². The van der Waals surface area contributed by atoms with E-state index in [0.29, 0.717) is 0 Å². The Labute approximate surface area is 152 Å². The Hall–Kier alpha value is -2.47. The topological polar surface area (TPSA) is 49.2 Å². The van der Waals surface area contributed by atoms with E-state index in [1.54, 1.807) is 26.0 Å². The molecule has 0 saturated heterocycles. The standard InChI is InChI=1S/C19H21N3O2S/c1-4-12-25-19-21-20-18(14-6-5-7-17(13-14)24-3)22(19)15-8-10-16(23-2)11-9-15/h5-11,13H,4,12H2,1-3H3. The maximum absolute atomic E-state index is 5.34. The van der Waals surface area contributed by atoms with E-state index >= 15 is 0 Å². The lowest BCUT2D eigenvalue weighted by Gasteiger charge is -2.11. The predicted octanol–water partition coefficient (Wildman–Crippen LogP) is 4.45. The lowest BCUT2D eigenvalue weighted by Crippen LogP contribution is -2.00. The molecule has 0 fully saturated rings. The van der Waals surface area contributed by atoms with Crippen LogP contribution in [0.4, 0.5) is 0 Å². The second-order valence-electron chi connectivity index (χ2n) is 5.42. The van der Waals surface area contributed by atoms with Crippen LogP contribution < -0.4 is 9.47 Å². The summed E-state index contributed by atoms with van der Waals surface area (Å²) in [4.78, 5) is 0. The number of ether oxygens (including phenoxy) is 2. The molecule has 0 aliphatic heterocycles. The van der Waals surface area contributed by atoms with Crippen molar-refractivity contribution in [2.24, 2.45) is 0 Å². The fourth-order valence-corrected chi connectivity index (χ4v) is 3.28. The molecule has 130 valence electrons. The summed E-state index contributed by atoms with van der Waals surface area (Å²) in [6, 6.07) is 15.8. The summed E-state index contributed by atoms with van der Waals surface area (Å²) in [6.45, 7) is 2.16. The summed E-state index contributed by atoms with van der Waals surface area (Å²) < 4.78 is 12.7. The van der Waals surface area contributed by atoms with Gasteiger partial charge in [0.05, 0.1) is 14.2 Å². The molecule has 0 aliphatic rings. The van der Waals surface area contributed by atoms with Crippen LogP contribution in [0, 0.1) is 0 Å². The van der Waals surface area contributed by atoms with Crippen molar-refractivity contribution in [3.63, 3.8) is 0 Å². The van der Waals surface area contributed by atoms with Gasteiger partial charge in [-0.3, -0.25) is 4.57 Å². The van der Waals surface area contributed by atoms with Gasteiger partial charge >= 0.3 is 0 Å². The molecule has 3 rings (SSSR count). The Morgan fingerprint density at radius 2 is 1.72 bits per heavy atom. The van der Waals surface area contributed by atoms with Crippen LogP contribution in [0.3, 0.4) is 0 Å². The highest BCUT2D eigenvalue weighted by Gasteiger charge is 2.16. The Morgan fingerprint density at radius 3 is 2.40 bits per heavy atom. The summed E-state index contributed by atoms with van der Waals surface area (Å²) in [5.41, 5.74) is 1.97. The van der Waals surface area contributed by atoms with Crippen molar-refractivity contribution < 1.29 is 9.47 Å². The van der Waals surface area contributed by atoms with E-state index in [2.05, 4.69) is 21.7 Å².